The van der Waals surface area contributed by atoms with E-state index in [1.807, 2.05) is 61.9 Å². The molecule has 154 valence electrons. The van der Waals surface area contributed by atoms with E-state index in [9.17, 15) is 4.79 Å². The molecule has 1 amide bonds. The van der Waals surface area contributed by atoms with Gasteiger partial charge in [-0.05, 0) is 51.5 Å². The van der Waals surface area contributed by atoms with Gasteiger partial charge in [-0.25, -0.2) is 0 Å². The fourth-order valence-corrected chi connectivity index (χ4v) is 4.13. The Hall–Kier alpha value is -3.06. The molecule has 30 heavy (non-hydrogen) atoms. The number of thioether (sulfide) groups is 1. The van der Waals surface area contributed by atoms with Crippen molar-refractivity contribution in [3.63, 3.8) is 0 Å². The molecule has 0 aliphatic rings. The highest BCUT2D eigenvalue weighted by molar-refractivity contribution is 7.99. The molecular weight excluding hydrogens is 394 g/mol. The molecule has 0 saturated heterocycles. The van der Waals surface area contributed by atoms with Gasteiger partial charge in [0.15, 0.2) is 11.0 Å². The van der Waals surface area contributed by atoms with E-state index in [0.29, 0.717) is 5.16 Å². The zero-order chi connectivity index (χ0) is 21.3. The lowest BCUT2D eigenvalue weighted by molar-refractivity contribution is -0.119. The predicted molar refractivity (Wildman–Crippen MR) is 122 cm³/mol. The van der Waals surface area contributed by atoms with Crippen LogP contribution in [0.4, 0.5) is 0 Å². The molecule has 0 fully saturated rings. The Morgan fingerprint density at radius 3 is 2.70 bits per heavy atom. The molecule has 0 saturated carbocycles. The third kappa shape index (κ3) is 4.26. The number of hydrogen-bond acceptors (Lipinski definition) is 4. The minimum Gasteiger partial charge on any atom is -0.360 e. The van der Waals surface area contributed by atoms with Crippen LogP contribution in [0.15, 0.2) is 59.9 Å². The van der Waals surface area contributed by atoms with Gasteiger partial charge in [0.05, 0.1) is 5.75 Å². The molecule has 2 aromatic heterocycles. The van der Waals surface area contributed by atoms with E-state index >= 15 is 0 Å². The molecular formula is C23H25N5OS. The Balaban J connectivity index is 1.75. The van der Waals surface area contributed by atoms with Gasteiger partial charge in [0, 0.05) is 33.9 Å². The summed E-state index contributed by atoms with van der Waals surface area (Å²) in [7, 11) is 0. The number of carbonyl (C=O) groups is 1. The molecule has 2 heterocycles. The summed E-state index contributed by atoms with van der Waals surface area (Å²) in [5, 5.41) is 13.7. The summed E-state index contributed by atoms with van der Waals surface area (Å²) < 4.78 is 2.03. The van der Waals surface area contributed by atoms with Gasteiger partial charge in [-0.1, -0.05) is 42.1 Å². The van der Waals surface area contributed by atoms with E-state index < -0.39 is 0 Å². The second-order valence-electron chi connectivity index (χ2n) is 8.32. The molecule has 2 aromatic carbocycles. The van der Waals surface area contributed by atoms with Crippen molar-refractivity contribution in [3.05, 3.63) is 60.3 Å². The van der Waals surface area contributed by atoms with Gasteiger partial charge >= 0.3 is 0 Å². The van der Waals surface area contributed by atoms with Crippen molar-refractivity contribution >= 4 is 28.6 Å². The highest BCUT2D eigenvalue weighted by Crippen LogP contribution is 2.32. The molecule has 0 bridgehead atoms. The van der Waals surface area contributed by atoms with E-state index in [1.165, 1.54) is 11.8 Å². The number of H-pyrrole nitrogens is 1. The number of carbonyl (C=O) groups excluding carboxylic acids is 1. The van der Waals surface area contributed by atoms with Crippen LogP contribution in [0.2, 0.25) is 0 Å². The number of para-hydroxylation sites is 1. The smallest absolute Gasteiger partial charge is 0.230 e. The van der Waals surface area contributed by atoms with Crippen molar-refractivity contribution in [1.29, 1.82) is 0 Å². The summed E-state index contributed by atoms with van der Waals surface area (Å²) in [6.45, 7) is 7.97. The first-order valence-corrected chi connectivity index (χ1v) is 10.8. The van der Waals surface area contributed by atoms with Crippen LogP contribution in [0.3, 0.4) is 0 Å². The predicted octanol–water partition coefficient (Wildman–Crippen LogP) is 4.73. The van der Waals surface area contributed by atoms with E-state index in [1.54, 1.807) is 0 Å². The van der Waals surface area contributed by atoms with Gasteiger partial charge in [0.2, 0.25) is 5.91 Å². The Kier molecular flexibility index (Phi) is 5.39. The van der Waals surface area contributed by atoms with Gasteiger partial charge in [-0.15, -0.1) is 10.2 Å². The van der Waals surface area contributed by atoms with Crippen molar-refractivity contribution in [2.24, 2.45) is 0 Å². The van der Waals surface area contributed by atoms with Crippen LogP contribution < -0.4 is 5.32 Å². The average Bonchev–Trinajstić information content (AvgIpc) is 3.28. The van der Waals surface area contributed by atoms with Crippen LogP contribution >= 0.6 is 11.8 Å². The first-order valence-electron chi connectivity index (χ1n) is 9.84. The second kappa shape index (κ2) is 7.99. The third-order valence-electron chi connectivity index (χ3n) is 4.57. The standard InChI is InChI=1S/C23H25N5OS/c1-15-8-7-9-16(12-15)28-21(18-13-24-19-11-6-5-10-17(18)19)26-27-22(28)30-14-20(29)25-23(2,3)4/h5-13,24H,14H2,1-4H3,(H,25,29). The first-order chi connectivity index (χ1) is 14.3. The SMILES string of the molecule is Cc1cccc(-n2c(SCC(=O)NC(C)(C)C)nnc2-c2c[nH]c3ccccc23)c1. The Bertz CT molecular complexity index is 1200. The van der Waals surface area contributed by atoms with E-state index in [4.69, 9.17) is 0 Å². The largest absolute Gasteiger partial charge is 0.360 e. The molecule has 4 aromatic rings. The number of amides is 1. The molecule has 4 rings (SSSR count). The summed E-state index contributed by atoms with van der Waals surface area (Å²) >= 11 is 1.39. The van der Waals surface area contributed by atoms with Crippen molar-refractivity contribution in [1.82, 2.24) is 25.1 Å². The Morgan fingerprint density at radius 2 is 1.93 bits per heavy atom. The molecule has 0 aliphatic carbocycles. The summed E-state index contributed by atoms with van der Waals surface area (Å²) in [6, 6.07) is 16.3. The van der Waals surface area contributed by atoms with Gasteiger partial charge in [-0.3, -0.25) is 9.36 Å². The van der Waals surface area contributed by atoms with Crippen LogP contribution in [-0.2, 0) is 4.79 Å². The van der Waals surface area contributed by atoms with E-state index in [-0.39, 0.29) is 17.2 Å². The van der Waals surface area contributed by atoms with Crippen molar-refractivity contribution in [3.8, 4) is 17.1 Å². The van der Waals surface area contributed by atoms with E-state index in [2.05, 4.69) is 45.6 Å². The number of rotatable bonds is 5. The minimum absolute atomic E-state index is 0.0278. The van der Waals surface area contributed by atoms with Gasteiger partial charge in [-0.2, -0.15) is 0 Å². The van der Waals surface area contributed by atoms with Crippen LogP contribution in [0, 0.1) is 6.92 Å². The van der Waals surface area contributed by atoms with Crippen LogP contribution in [-0.4, -0.2) is 36.9 Å². The van der Waals surface area contributed by atoms with Gasteiger partial charge in [0.1, 0.15) is 0 Å². The summed E-state index contributed by atoms with van der Waals surface area (Å²) in [5.74, 6) is 0.992. The van der Waals surface area contributed by atoms with E-state index in [0.717, 1.165) is 33.5 Å². The maximum Gasteiger partial charge on any atom is 0.230 e. The Labute approximate surface area is 180 Å². The summed E-state index contributed by atoms with van der Waals surface area (Å²) in [4.78, 5) is 15.7. The number of nitrogens with one attached hydrogen (secondary N) is 2. The van der Waals surface area contributed by atoms with Crippen molar-refractivity contribution in [2.75, 3.05) is 5.75 Å². The van der Waals surface area contributed by atoms with Gasteiger partial charge < -0.3 is 10.3 Å². The zero-order valence-electron chi connectivity index (χ0n) is 17.6. The molecule has 0 atom stereocenters. The lowest BCUT2D eigenvalue weighted by atomic mass is 10.1. The van der Waals surface area contributed by atoms with Crippen LogP contribution in [0.1, 0.15) is 26.3 Å². The highest BCUT2D eigenvalue weighted by atomic mass is 32.2. The fourth-order valence-electron chi connectivity index (χ4n) is 3.38. The zero-order valence-corrected chi connectivity index (χ0v) is 18.4. The molecule has 0 unspecified atom stereocenters. The molecule has 7 heteroatoms. The number of benzene rings is 2. The number of hydrogen-bond donors (Lipinski definition) is 2. The van der Waals surface area contributed by atoms with Crippen molar-refractivity contribution < 1.29 is 4.79 Å². The average molecular weight is 420 g/mol. The molecule has 0 spiro atoms. The second-order valence-corrected chi connectivity index (χ2v) is 9.26. The van der Waals surface area contributed by atoms with Gasteiger partial charge in [0.25, 0.3) is 0 Å². The summed E-state index contributed by atoms with van der Waals surface area (Å²) in [6.07, 6.45) is 1.96. The lowest BCUT2D eigenvalue weighted by Gasteiger charge is -2.20. The minimum atomic E-state index is -0.267. The number of aryl methyl sites for hydroxylation is 1. The third-order valence-corrected chi connectivity index (χ3v) is 5.50. The van der Waals surface area contributed by atoms with Crippen molar-refractivity contribution in [2.45, 2.75) is 38.4 Å². The number of aromatic amines is 1. The molecule has 0 aliphatic heterocycles. The van der Waals surface area contributed by atoms with Crippen LogP contribution in [0.25, 0.3) is 28.0 Å². The number of aromatic nitrogens is 4. The quantitative estimate of drug-likeness (QED) is 0.459. The topological polar surface area (TPSA) is 75.6 Å². The maximum absolute atomic E-state index is 12.3. The number of nitrogens with zero attached hydrogens (tertiary/aromatic N) is 3. The fraction of sp³-hybridized carbons (Fsp3) is 0.261. The lowest BCUT2D eigenvalue weighted by Crippen LogP contribution is -2.41. The molecule has 6 nitrogen and oxygen atoms in total. The maximum atomic E-state index is 12.3. The first kappa shape index (κ1) is 20.2. The number of fused-ring (bicyclic) bond motifs is 1. The molecule has 2 N–H and O–H groups in total. The summed E-state index contributed by atoms with van der Waals surface area (Å²) in [5.41, 5.74) is 3.87. The monoisotopic (exact) mass is 419 g/mol. The normalized spacial score (nSPS) is 11.7. The Morgan fingerprint density at radius 1 is 1.13 bits per heavy atom. The van der Waals surface area contributed by atoms with Crippen LogP contribution in [0.5, 0.6) is 0 Å². The highest BCUT2D eigenvalue weighted by Gasteiger charge is 2.21. The molecule has 0 radical (unpaired) electrons.